The molecule has 1 saturated carbocycles. The first-order chi connectivity index (χ1) is 15.1. The lowest BCUT2D eigenvalue weighted by atomic mass is 10.1. The Kier molecular flexibility index (Phi) is 4.98. The van der Waals surface area contributed by atoms with E-state index in [1.54, 1.807) is 31.8 Å². The summed E-state index contributed by atoms with van der Waals surface area (Å²) >= 11 is 0. The minimum absolute atomic E-state index is 0.0338. The number of piperazine rings is 1. The normalized spacial score (nSPS) is 23.4. The monoisotopic (exact) mass is 419 g/mol. The van der Waals surface area contributed by atoms with Crippen LogP contribution in [0.1, 0.15) is 36.8 Å². The van der Waals surface area contributed by atoms with E-state index in [9.17, 15) is 4.79 Å². The van der Waals surface area contributed by atoms with Gasteiger partial charge in [-0.3, -0.25) is 9.78 Å². The Morgan fingerprint density at radius 3 is 2.61 bits per heavy atom. The highest BCUT2D eigenvalue weighted by atomic mass is 16.5. The van der Waals surface area contributed by atoms with Crippen molar-refractivity contribution in [3.8, 4) is 11.8 Å². The molecule has 0 aromatic carbocycles. The summed E-state index contributed by atoms with van der Waals surface area (Å²) in [6.45, 7) is 1.42. The number of rotatable bonds is 6. The van der Waals surface area contributed by atoms with Crippen molar-refractivity contribution in [1.82, 2.24) is 14.9 Å². The number of fused-ring (bicyclic) bond motifs is 2. The summed E-state index contributed by atoms with van der Waals surface area (Å²) in [7, 11) is 1.62. The van der Waals surface area contributed by atoms with Crippen molar-refractivity contribution in [2.75, 3.05) is 31.7 Å². The zero-order chi connectivity index (χ0) is 21.4. The van der Waals surface area contributed by atoms with Crippen LogP contribution in [0.15, 0.2) is 36.8 Å². The van der Waals surface area contributed by atoms with Crippen LogP contribution < -0.4 is 9.64 Å². The number of pyridine rings is 2. The maximum absolute atomic E-state index is 13.0. The number of nitrogens with zero attached hydrogens (tertiary/aromatic N) is 5. The molecule has 0 spiro atoms. The van der Waals surface area contributed by atoms with Gasteiger partial charge in [0.05, 0.1) is 24.5 Å². The standard InChI is InChI=1S/C23H25N5O3/c1-30-20-8-17(11-25-12-20)23(6-7-23)31-15-22(29)27-13-18-3-4-19(14-27)28(18)21-5-2-16(9-24)10-26-21/h2,5,8,10-12,18-19H,3-4,6-7,13-15H2,1H3/t18-,19?/m0/s1. The van der Waals surface area contributed by atoms with E-state index in [4.69, 9.17) is 14.7 Å². The molecule has 1 aliphatic carbocycles. The lowest BCUT2D eigenvalue weighted by molar-refractivity contribution is -0.140. The second-order valence-electron chi connectivity index (χ2n) is 8.50. The number of ether oxygens (including phenoxy) is 2. The smallest absolute Gasteiger partial charge is 0.248 e. The van der Waals surface area contributed by atoms with Crippen LogP contribution in [0.2, 0.25) is 0 Å². The fraction of sp³-hybridized carbons (Fsp3) is 0.478. The third kappa shape index (κ3) is 3.70. The van der Waals surface area contributed by atoms with Gasteiger partial charge in [-0.25, -0.2) is 4.98 Å². The molecule has 2 aromatic heterocycles. The zero-order valence-corrected chi connectivity index (χ0v) is 17.5. The molecule has 1 unspecified atom stereocenters. The van der Waals surface area contributed by atoms with E-state index in [1.165, 1.54) is 0 Å². The number of hydrogen-bond donors (Lipinski definition) is 0. The molecular formula is C23H25N5O3. The summed E-state index contributed by atoms with van der Waals surface area (Å²) < 4.78 is 11.4. The van der Waals surface area contributed by atoms with Crippen LogP contribution in [-0.2, 0) is 15.1 Å². The first kappa shape index (κ1) is 19.8. The lowest BCUT2D eigenvalue weighted by Crippen LogP contribution is -2.56. The van der Waals surface area contributed by atoms with Crippen molar-refractivity contribution in [3.63, 3.8) is 0 Å². The van der Waals surface area contributed by atoms with E-state index in [2.05, 4.69) is 20.9 Å². The Balaban J connectivity index is 1.21. The molecular weight excluding hydrogens is 394 g/mol. The number of amides is 1. The number of hydrogen-bond acceptors (Lipinski definition) is 7. The second-order valence-corrected chi connectivity index (χ2v) is 8.50. The molecule has 0 radical (unpaired) electrons. The fourth-order valence-corrected chi connectivity index (χ4v) is 4.79. The molecule has 2 bridgehead atoms. The predicted molar refractivity (Wildman–Crippen MR) is 112 cm³/mol. The van der Waals surface area contributed by atoms with Gasteiger partial charge in [0.15, 0.2) is 0 Å². The summed E-state index contributed by atoms with van der Waals surface area (Å²) in [6, 6.07) is 8.25. The van der Waals surface area contributed by atoms with Crippen molar-refractivity contribution >= 4 is 11.7 Å². The third-order valence-corrected chi connectivity index (χ3v) is 6.63. The maximum atomic E-state index is 13.0. The van der Waals surface area contributed by atoms with Gasteiger partial charge >= 0.3 is 0 Å². The largest absolute Gasteiger partial charge is 0.495 e. The average molecular weight is 419 g/mol. The topological polar surface area (TPSA) is 91.6 Å². The van der Waals surface area contributed by atoms with Gasteiger partial charge in [0, 0.05) is 43.1 Å². The quantitative estimate of drug-likeness (QED) is 0.709. The van der Waals surface area contributed by atoms with Crippen molar-refractivity contribution in [2.45, 2.75) is 43.4 Å². The molecule has 2 saturated heterocycles. The number of nitriles is 1. The second kappa shape index (κ2) is 7.82. The first-order valence-electron chi connectivity index (χ1n) is 10.7. The van der Waals surface area contributed by atoms with Crippen LogP contribution in [0.4, 0.5) is 5.82 Å². The third-order valence-electron chi connectivity index (χ3n) is 6.63. The predicted octanol–water partition coefficient (Wildman–Crippen LogP) is 2.24. The van der Waals surface area contributed by atoms with Gasteiger partial charge in [-0.1, -0.05) is 0 Å². The van der Waals surface area contributed by atoms with Crippen LogP contribution in [0.5, 0.6) is 5.75 Å². The molecule has 31 heavy (non-hydrogen) atoms. The average Bonchev–Trinajstić information content (AvgIpc) is 3.57. The number of methoxy groups -OCH3 is 1. The number of anilines is 1. The molecule has 2 aromatic rings. The van der Waals surface area contributed by atoms with E-state index in [0.29, 0.717) is 24.4 Å². The summed E-state index contributed by atoms with van der Waals surface area (Å²) in [5.74, 6) is 1.62. The molecule has 1 amide bonds. The first-order valence-corrected chi connectivity index (χ1v) is 10.7. The summed E-state index contributed by atoms with van der Waals surface area (Å²) in [6.07, 6.45) is 8.93. The number of likely N-dealkylation sites (tertiary alicyclic amines) is 1. The van der Waals surface area contributed by atoms with E-state index in [1.807, 2.05) is 17.0 Å². The van der Waals surface area contributed by atoms with Crippen molar-refractivity contribution in [3.05, 3.63) is 47.9 Å². The Morgan fingerprint density at radius 2 is 2.00 bits per heavy atom. The summed E-state index contributed by atoms with van der Waals surface area (Å²) in [4.78, 5) is 25.9. The fourth-order valence-electron chi connectivity index (χ4n) is 4.79. The SMILES string of the molecule is COc1cncc(C2(OCC(=O)N3CC4CC[C@@H](C3)N4c3ccc(C#N)cn3)CC2)c1. The molecule has 3 fully saturated rings. The van der Waals surface area contributed by atoms with Gasteiger partial charge in [0.1, 0.15) is 24.2 Å². The van der Waals surface area contributed by atoms with Gasteiger partial charge in [-0.2, -0.15) is 5.26 Å². The molecule has 3 aliphatic rings. The van der Waals surface area contributed by atoms with E-state index >= 15 is 0 Å². The van der Waals surface area contributed by atoms with Gasteiger partial charge in [-0.15, -0.1) is 0 Å². The van der Waals surface area contributed by atoms with Gasteiger partial charge in [0.2, 0.25) is 5.91 Å². The Labute approximate surface area is 181 Å². The number of aromatic nitrogens is 2. The van der Waals surface area contributed by atoms with E-state index < -0.39 is 5.60 Å². The van der Waals surface area contributed by atoms with E-state index in [-0.39, 0.29) is 24.6 Å². The van der Waals surface area contributed by atoms with Crippen molar-refractivity contribution in [2.24, 2.45) is 0 Å². The van der Waals surface area contributed by atoms with Crippen molar-refractivity contribution < 1.29 is 14.3 Å². The molecule has 2 aliphatic heterocycles. The molecule has 8 heteroatoms. The van der Waals surface area contributed by atoms with Gasteiger partial charge in [0.25, 0.3) is 0 Å². The summed E-state index contributed by atoms with van der Waals surface area (Å²) in [5.41, 5.74) is 1.11. The highest BCUT2D eigenvalue weighted by Gasteiger charge is 2.47. The minimum Gasteiger partial charge on any atom is -0.495 e. The molecule has 2 atom stereocenters. The van der Waals surface area contributed by atoms with Crippen molar-refractivity contribution in [1.29, 1.82) is 5.26 Å². The van der Waals surface area contributed by atoms with Crippen LogP contribution in [0.3, 0.4) is 0 Å². The van der Waals surface area contributed by atoms with Crippen LogP contribution in [0.25, 0.3) is 0 Å². The summed E-state index contributed by atoms with van der Waals surface area (Å²) in [5, 5.41) is 8.99. The molecule has 5 rings (SSSR count). The van der Waals surface area contributed by atoms with Crippen LogP contribution >= 0.6 is 0 Å². The molecule has 160 valence electrons. The Bertz CT molecular complexity index is 1000. The van der Waals surface area contributed by atoms with E-state index in [0.717, 1.165) is 37.1 Å². The molecule has 4 heterocycles. The van der Waals surface area contributed by atoms with Gasteiger partial charge in [-0.05, 0) is 43.9 Å². The van der Waals surface area contributed by atoms with Crippen LogP contribution in [0, 0.1) is 11.3 Å². The highest BCUT2D eigenvalue weighted by Crippen LogP contribution is 2.49. The molecule has 0 N–H and O–H groups in total. The highest BCUT2D eigenvalue weighted by molar-refractivity contribution is 5.78. The lowest BCUT2D eigenvalue weighted by Gasteiger charge is -2.41. The number of carbonyl (C=O) groups is 1. The molecule has 8 nitrogen and oxygen atoms in total. The minimum atomic E-state index is -0.412. The maximum Gasteiger partial charge on any atom is 0.248 e. The Morgan fingerprint density at radius 1 is 1.23 bits per heavy atom. The Hall–Kier alpha value is -3.18. The van der Waals surface area contributed by atoms with Gasteiger partial charge < -0.3 is 19.3 Å². The number of carbonyl (C=O) groups excluding carboxylic acids is 1. The zero-order valence-electron chi connectivity index (χ0n) is 17.5. The van der Waals surface area contributed by atoms with Crippen LogP contribution in [-0.4, -0.2) is 59.7 Å².